The summed E-state index contributed by atoms with van der Waals surface area (Å²) in [6.07, 6.45) is 0.956. The van der Waals surface area contributed by atoms with Crippen LogP contribution in [0.1, 0.15) is 23.1 Å². The summed E-state index contributed by atoms with van der Waals surface area (Å²) in [6.45, 7) is 6.35. The van der Waals surface area contributed by atoms with Crippen LogP contribution in [0.4, 0.5) is 5.69 Å². The molecule has 0 aliphatic heterocycles. The highest BCUT2D eigenvalue weighted by atomic mass is 35.5. The monoisotopic (exact) mass is 392 g/mol. The predicted octanol–water partition coefficient (Wildman–Crippen LogP) is 3.87. The van der Waals surface area contributed by atoms with Gasteiger partial charge in [-0.3, -0.25) is 4.79 Å². The van der Waals surface area contributed by atoms with Gasteiger partial charge >= 0.3 is 0 Å². The number of ether oxygens (including phenoxy) is 2. The van der Waals surface area contributed by atoms with Gasteiger partial charge in [-0.1, -0.05) is 24.3 Å². The summed E-state index contributed by atoms with van der Waals surface area (Å²) < 4.78 is 10.8. The highest BCUT2D eigenvalue weighted by molar-refractivity contribution is 5.92. The Balaban J connectivity index is 0.00000364. The fourth-order valence-electron chi connectivity index (χ4n) is 2.51. The van der Waals surface area contributed by atoms with Crippen molar-refractivity contribution in [3.63, 3.8) is 0 Å². The number of hydrogen-bond donors (Lipinski definition) is 2. The van der Waals surface area contributed by atoms with Crippen molar-refractivity contribution < 1.29 is 14.3 Å². The number of aryl methyl sites for hydroxylation is 2. The van der Waals surface area contributed by atoms with E-state index in [-0.39, 0.29) is 24.9 Å². The van der Waals surface area contributed by atoms with E-state index in [9.17, 15) is 4.79 Å². The van der Waals surface area contributed by atoms with Gasteiger partial charge in [-0.05, 0) is 56.1 Å². The molecule has 0 aliphatic rings. The van der Waals surface area contributed by atoms with Crippen molar-refractivity contribution in [2.24, 2.45) is 0 Å². The fourth-order valence-corrected chi connectivity index (χ4v) is 2.51. The van der Waals surface area contributed by atoms with Gasteiger partial charge in [0.25, 0.3) is 5.91 Å². The lowest BCUT2D eigenvalue weighted by Crippen LogP contribution is -2.21. The summed E-state index contributed by atoms with van der Waals surface area (Å²) in [4.78, 5) is 12.2. The molecule has 2 rings (SSSR count). The Morgan fingerprint density at radius 1 is 1.07 bits per heavy atom. The Morgan fingerprint density at radius 3 is 2.59 bits per heavy atom. The van der Waals surface area contributed by atoms with Crippen LogP contribution < -0.4 is 15.4 Å². The Hall–Kier alpha value is -2.08. The average Bonchev–Trinajstić information content (AvgIpc) is 2.64. The number of rotatable bonds is 10. The molecule has 0 heterocycles. The van der Waals surface area contributed by atoms with Gasteiger partial charge in [0, 0.05) is 31.5 Å². The molecule has 0 fully saturated rings. The minimum atomic E-state index is -0.170. The minimum absolute atomic E-state index is 0. The third-order valence-corrected chi connectivity index (χ3v) is 4.14. The number of nitrogens with one attached hydrogen (secondary N) is 2. The van der Waals surface area contributed by atoms with Crippen LogP contribution >= 0.6 is 12.4 Å². The smallest absolute Gasteiger partial charge is 0.262 e. The zero-order chi connectivity index (χ0) is 18.8. The van der Waals surface area contributed by atoms with Gasteiger partial charge in [-0.15, -0.1) is 12.4 Å². The topological polar surface area (TPSA) is 59.6 Å². The van der Waals surface area contributed by atoms with Crippen molar-refractivity contribution in [3.8, 4) is 5.75 Å². The lowest BCUT2D eigenvalue weighted by molar-refractivity contribution is -0.118. The molecule has 0 unspecified atom stereocenters. The summed E-state index contributed by atoms with van der Waals surface area (Å²) in [7, 11) is 1.70. The molecule has 0 radical (unpaired) electrons. The third kappa shape index (κ3) is 7.99. The number of anilines is 1. The second-order valence-electron chi connectivity index (χ2n) is 6.27. The van der Waals surface area contributed by atoms with E-state index in [4.69, 9.17) is 9.47 Å². The zero-order valence-electron chi connectivity index (χ0n) is 16.2. The molecule has 5 nitrogen and oxygen atoms in total. The molecule has 2 N–H and O–H groups in total. The van der Waals surface area contributed by atoms with E-state index in [0.717, 1.165) is 42.1 Å². The number of carbonyl (C=O) groups excluding carboxylic acids is 1. The van der Waals surface area contributed by atoms with Gasteiger partial charge in [0.1, 0.15) is 5.75 Å². The highest BCUT2D eigenvalue weighted by Gasteiger charge is 2.07. The molecule has 0 spiro atoms. The number of amides is 1. The van der Waals surface area contributed by atoms with E-state index in [2.05, 4.69) is 10.6 Å². The van der Waals surface area contributed by atoms with E-state index in [1.807, 2.05) is 56.3 Å². The van der Waals surface area contributed by atoms with Crippen LogP contribution in [-0.2, 0) is 16.1 Å². The standard InChI is InChI=1S/C21H28N2O3.ClH/c1-16-9-10-19(13-17(16)2)23-21(24)15-26-20-8-5-4-7-18(20)14-22-11-6-12-25-3;/h4-5,7-10,13,22H,6,11-12,14-15H2,1-3H3,(H,23,24);1H. The van der Waals surface area contributed by atoms with Crippen LogP contribution in [0.2, 0.25) is 0 Å². The zero-order valence-corrected chi connectivity index (χ0v) is 17.0. The number of hydrogen-bond acceptors (Lipinski definition) is 4. The molecule has 0 atom stereocenters. The SMILES string of the molecule is COCCCNCc1ccccc1OCC(=O)Nc1ccc(C)c(C)c1.Cl. The maximum absolute atomic E-state index is 12.2. The van der Waals surface area contributed by atoms with Crippen molar-refractivity contribution in [3.05, 3.63) is 59.2 Å². The molecular weight excluding hydrogens is 364 g/mol. The number of methoxy groups -OCH3 is 1. The van der Waals surface area contributed by atoms with Crippen LogP contribution in [0.5, 0.6) is 5.75 Å². The van der Waals surface area contributed by atoms with E-state index in [0.29, 0.717) is 6.54 Å². The Morgan fingerprint density at radius 2 is 1.85 bits per heavy atom. The van der Waals surface area contributed by atoms with Crippen LogP contribution in [0.15, 0.2) is 42.5 Å². The number of para-hydroxylation sites is 1. The summed E-state index contributed by atoms with van der Waals surface area (Å²) in [6, 6.07) is 13.6. The minimum Gasteiger partial charge on any atom is -0.483 e. The lowest BCUT2D eigenvalue weighted by Gasteiger charge is -2.13. The van der Waals surface area contributed by atoms with E-state index in [1.54, 1.807) is 7.11 Å². The summed E-state index contributed by atoms with van der Waals surface area (Å²) in [5.74, 6) is 0.554. The maximum atomic E-state index is 12.2. The summed E-state index contributed by atoms with van der Waals surface area (Å²) >= 11 is 0. The molecular formula is C21H29ClN2O3. The fraction of sp³-hybridized carbons (Fsp3) is 0.381. The average molecular weight is 393 g/mol. The molecule has 0 bridgehead atoms. The molecule has 0 saturated carbocycles. The van der Waals surface area contributed by atoms with Crippen molar-refractivity contribution in [1.82, 2.24) is 5.32 Å². The van der Waals surface area contributed by atoms with Crippen LogP contribution in [0, 0.1) is 13.8 Å². The first-order chi connectivity index (χ1) is 12.6. The first kappa shape index (κ1) is 23.0. The highest BCUT2D eigenvalue weighted by Crippen LogP contribution is 2.18. The molecule has 148 valence electrons. The molecule has 2 aromatic rings. The maximum Gasteiger partial charge on any atom is 0.262 e. The molecule has 1 amide bonds. The molecule has 0 saturated heterocycles. The second-order valence-corrected chi connectivity index (χ2v) is 6.27. The summed E-state index contributed by atoms with van der Waals surface area (Å²) in [5.41, 5.74) is 4.17. The van der Waals surface area contributed by atoms with E-state index >= 15 is 0 Å². The molecule has 0 aromatic heterocycles. The number of carbonyl (C=O) groups is 1. The number of halogens is 1. The van der Waals surface area contributed by atoms with Gasteiger partial charge in [0.05, 0.1) is 0 Å². The summed E-state index contributed by atoms with van der Waals surface area (Å²) in [5, 5.41) is 6.23. The molecule has 6 heteroatoms. The van der Waals surface area contributed by atoms with Gasteiger partial charge in [-0.2, -0.15) is 0 Å². The van der Waals surface area contributed by atoms with Crippen LogP contribution in [0.3, 0.4) is 0 Å². The van der Waals surface area contributed by atoms with Crippen LogP contribution in [0.25, 0.3) is 0 Å². The van der Waals surface area contributed by atoms with Gasteiger partial charge in [-0.25, -0.2) is 0 Å². The van der Waals surface area contributed by atoms with E-state index < -0.39 is 0 Å². The van der Waals surface area contributed by atoms with Crippen molar-refractivity contribution in [1.29, 1.82) is 0 Å². The quantitative estimate of drug-likeness (QED) is 0.602. The van der Waals surface area contributed by atoms with Crippen molar-refractivity contribution >= 4 is 24.0 Å². The normalized spacial score (nSPS) is 10.2. The second kappa shape index (κ2) is 12.3. The Kier molecular flexibility index (Phi) is 10.5. The predicted molar refractivity (Wildman–Crippen MR) is 112 cm³/mol. The van der Waals surface area contributed by atoms with Gasteiger partial charge < -0.3 is 20.1 Å². The molecule has 27 heavy (non-hydrogen) atoms. The lowest BCUT2D eigenvalue weighted by atomic mass is 10.1. The van der Waals surface area contributed by atoms with E-state index in [1.165, 1.54) is 5.56 Å². The molecule has 2 aromatic carbocycles. The third-order valence-electron chi connectivity index (χ3n) is 4.14. The Labute approximate surface area is 167 Å². The first-order valence-electron chi connectivity index (χ1n) is 8.87. The van der Waals surface area contributed by atoms with Crippen molar-refractivity contribution in [2.75, 3.05) is 32.2 Å². The van der Waals surface area contributed by atoms with Gasteiger partial charge in [0.15, 0.2) is 6.61 Å². The van der Waals surface area contributed by atoms with Crippen LogP contribution in [-0.4, -0.2) is 32.8 Å². The number of benzene rings is 2. The largest absolute Gasteiger partial charge is 0.483 e. The first-order valence-corrected chi connectivity index (χ1v) is 8.87. The van der Waals surface area contributed by atoms with Gasteiger partial charge in [0.2, 0.25) is 0 Å². The van der Waals surface area contributed by atoms with Crippen molar-refractivity contribution in [2.45, 2.75) is 26.8 Å². The Bertz CT molecular complexity index is 722. The molecule has 0 aliphatic carbocycles.